The van der Waals surface area contributed by atoms with Gasteiger partial charge in [-0.05, 0) is 17.9 Å². The molecule has 2 aromatic heterocycles. The van der Waals surface area contributed by atoms with Crippen molar-refractivity contribution in [2.75, 3.05) is 0 Å². The Hall–Kier alpha value is -1.71. The van der Waals surface area contributed by atoms with Gasteiger partial charge in [0.1, 0.15) is 5.56 Å². The van der Waals surface area contributed by atoms with Crippen LogP contribution in [0.15, 0.2) is 28.7 Å². The number of aromatic amines is 1. The van der Waals surface area contributed by atoms with Crippen LogP contribution in [0.1, 0.15) is 41.0 Å². The van der Waals surface area contributed by atoms with Crippen LogP contribution in [0.3, 0.4) is 0 Å². The molecule has 3 N–H and O–H groups in total. The minimum atomic E-state index is -3.98. The topological polar surface area (TPSA) is 112 Å². The van der Waals surface area contributed by atoms with E-state index in [0.717, 1.165) is 17.5 Å². The Labute approximate surface area is 126 Å². The Bertz CT molecular complexity index is 707. The van der Waals surface area contributed by atoms with Crippen LogP contribution in [0.5, 0.6) is 0 Å². The van der Waals surface area contributed by atoms with Gasteiger partial charge in [0.15, 0.2) is 5.03 Å². The molecule has 0 saturated carbocycles. The summed E-state index contributed by atoms with van der Waals surface area (Å²) in [4.78, 5) is 11.9. The number of carboxylic acid groups (broad SMARTS) is 1. The Kier molecular flexibility index (Phi) is 4.76. The predicted octanol–water partition coefficient (Wildman–Crippen LogP) is 1.99. The molecule has 1 atom stereocenters. The monoisotopic (exact) mass is 329 g/mol. The molecule has 7 nitrogen and oxygen atoms in total. The van der Waals surface area contributed by atoms with Gasteiger partial charge < -0.3 is 5.11 Å². The maximum absolute atomic E-state index is 12.4. The highest BCUT2D eigenvalue weighted by Gasteiger charge is 2.28. The summed E-state index contributed by atoms with van der Waals surface area (Å²) < 4.78 is 27.3. The number of thiophene rings is 1. The number of aromatic carboxylic acids is 1. The zero-order chi connectivity index (χ0) is 15.5. The lowest BCUT2D eigenvalue weighted by molar-refractivity contribution is 0.0692. The predicted molar refractivity (Wildman–Crippen MR) is 77.8 cm³/mol. The lowest BCUT2D eigenvalue weighted by Gasteiger charge is -2.16. The van der Waals surface area contributed by atoms with Crippen LogP contribution in [-0.4, -0.2) is 29.7 Å². The first kappa shape index (κ1) is 15.7. The van der Waals surface area contributed by atoms with E-state index in [2.05, 4.69) is 14.9 Å². The zero-order valence-electron chi connectivity index (χ0n) is 11.2. The molecule has 114 valence electrons. The van der Waals surface area contributed by atoms with E-state index < -0.39 is 21.0 Å². The average Bonchev–Trinajstić information content (AvgIpc) is 3.09. The molecular formula is C12H15N3O4S2. The molecule has 0 aliphatic rings. The van der Waals surface area contributed by atoms with Crippen LogP contribution in [0.4, 0.5) is 0 Å². The van der Waals surface area contributed by atoms with E-state index in [1.807, 2.05) is 24.4 Å². The van der Waals surface area contributed by atoms with Crippen LogP contribution in [0.25, 0.3) is 0 Å². The summed E-state index contributed by atoms with van der Waals surface area (Å²) in [6, 6.07) is 3.30. The standard InChI is InChI=1S/C12H15N3O4S2/c1-2-4-9(10-5-3-6-20-10)15-21(18,19)11-8(12(16)17)7-13-14-11/h3,5-7,9,15H,2,4H2,1H3,(H,13,14)(H,16,17). The highest BCUT2D eigenvalue weighted by atomic mass is 32.2. The number of hydrogen-bond acceptors (Lipinski definition) is 5. The zero-order valence-corrected chi connectivity index (χ0v) is 12.9. The second kappa shape index (κ2) is 6.37. The summed E-state index contributed by atoms with van der Waals surface area (Å²) >= 11 is 1.45. The van der Waals surface area contributed by atoms with Crippen molar-refractivity contribution in [1.29, 1.82) is 0 Å². The number of H-pyrrole nitrogens is 1. The van der Waals surface area contributed by atoms with Crippen LogP contribution >= 0.6 is 11.3 Å². The van der Waals surface area contributed by atoms with Gasteiger partial charge in [0.05, 0.1) is 12.2 Å². The van der Waals surface area contributed by atoms with Crippen molar-refractivity contribution in [3.8, 4) is 0 Å². The Morgan fingerprint density at radius 1 is 1.57 bits per heavy atom. The SMILES string of the molecule is CCCC(NS(=O)(=O)c1[nH]ncc1C(=O)O)c1cccs1. The van der Waals surface area contributed by atoms with Crippen molar-refractivity contribution in [1.82, 2.24) is 14.9 Å². The molecule has 9 heteroatoms. The van der Waals surface area contributed by atoms with Crippen molar-refractivity contribution in [2.45, 2.75) is 30.8 Å². The fourth-order valence-electron chi connectivity index (χ4n) is 1.92. The molecule has 2 heterocycles. The number of carboxylic acids is 1. The molecule has 1 unspecified atom stereocenters. The number of aromatic nitrogens is 2. The van der Waals surface area contributed by atoms with Crippen molar-refractivity contribution >= 4 is 27.3 Å². The molecule has 21 heavy (non-hydrogen) atoms. The van der Waals surface area contributed by atoms with Crippen molar-refractivity contribution in [3.63, 3.8) is 0 Å². The largest absolute Gasteiger partial charge is 0.478 e. The quantitative estimate of drug-likeness (QED) is 0.719. The maximum Gasteiger partial charge on any atom is 0.340 e. The molecular weight excluding hydrogens is 314 g/mol. The minimum absolute atomic E-state index is 0.371. The number of carbonyl (C=O) groups is 1. The molecule has 0 radical (unpaired) electrons. The van der Waals surface area contributed by atoms with Gasteiger partial charge >= 0.3 is 5.97 Å². The number of rotatable bonds is 7. The second-order valence-corrected chi connectivity index (χ2v) is 7.03. The van der Waals surface area contributed by atoms with Gasteiger partial charge in [-0.25, -0.2) is 17.9 Å². The van der Waals surface area contributed by atoms with Crippen molar-refractivity contribution in [3.05, 3.63) is 34.2 Å². The van der Waals surface area contributed by atoms with Gasteiger partial charge in [-0.1, -0.05) is 19.4 Å². The van der Waals surface area contributed by atoms with Crippen molar-refractivity contribution in [2.24, 2.45) is 0 Å². The third-order valence-electron chi connectivity index (χ3n) is 2.86. The Morgan fingerprint density at radius 3 is 2.90 bits per heavy atom. The average molecular weight is 329 g/mol. The van der Waals surface area contributed by atoms with Gasteiger partial charge in [-0.3, -0.25) is 5.10 Å². The summed E-state index contributed by atoms with van der Waals surface area (Å²) in [7, 11) is -3.98. The van der Waals surface area contributed by atoms with E-state index >= 15 is 0 Å². The van der Waals surface area contributed by atoms with E-state index in [0.29, 0.717) is 6.42 Å². The lowest BCUT2D eigenvalue weighted by atomic mass is 10.1. The third-order valence-corrected chi connectivity index (χ3v) is 5.29. The molecule has 0 aliphatic carbocycles. The summed E-state index contributed by atoms with van der Waals surface area (Å²) in [5.74, 6) is -1.34. The lowest BCUT2D eigenvalue weighted by Crippen LogP contribution is -2.29. The van der Waals surface area contributed by atoms with Crippen LogP contribution in [0, 0.1) is 0 Å². The molecule has 0 saturated heterocycles. The number of nitrogens with zero attached hydrogens (tertiary/aromatic N) is 1. The van der Waals surface area contributed by atoms with Crippen LogP contribution in [0.2, 0.25) is 0 Å². The van der Waals surface area contributed by atoms with E-state index in [1.54, 1.807) is 0 Å². The van der Waals surface area contributed by atoms with Crippen molar-refractivity contribution < 1.29 is 18.3 Å². The van der Waals surface area contributed by atoms with Gasteiger partial charge in [0.25, 0.3) is 10.0 Å². The Balaban J connectivity index is 2.31. The smallest absolute Gasteiger partial charge is 0.340 e. The normalized spacial score (nSPS) is 13.2. The van der Waals surface area contributed by atoms with E-state index in [-0.39, 0.29) is 11.6 Å². The van der Waals surface area contributed by atoms with Gasteiger partial charge in [-0.2, -0.15) is 5.10 Å². The molecule has 0 aliphatic heterocycles. The first-order chi connectivity index (χ1) is 9.95. The number of hydrogen-bond donors (Lipinski definition) is 3. The van der Waals surface area contributed by atoms with Gasteiger partial charge in [-0.15, -0.1) is 11.3 Å². The maximum atomic E-state index is 12.4. The molecule has 2 aromatic rings. The summed E-state index contributed by atoms with van der Waals surface area (Å²) in [5, 5.41) is 16.2. The fourth-order valence-corrected chi connectivity index (χ4v) is 4.14. The van der Waals surface area contributed by atoms with E-state index in [1.165, 1.54) is 11.3 Å². The van der Waals surface area contributed by atoms with Gasteiger partial charge in [0.2, 0.25) is 0 Å². The first-order valence-electron chi connectivity index (χ1n) is 6.28. The summed E-state index contributed by atoms with van der Waals surface area (Å²) in [6.45, 7) is 1.95. The molecule has 0 bridgehead atoms. The summed E-state index contributed by atoms with van der Waals surface area (Å²) in [5.41, 5.74) is -0.371. The van der Waals surface area contributed by atoms with E-state index in [4.69, 9.17) is 5.11 Å². The highest BCUT2D eigenvalue weighted by Crippen LogP contribution is 2.25. The highest BCUT2D eigenvalue weighted by molar-refractivity contribution is 7.89. The van der Waals surface area contributed by atoms with Crippen LogP contribution < -0.4 is 4.72 Å². The molecule has 0 spiro atoms. The Morgan fingerprint density at radius 2 is 2.33 bits per heavy atom. The molecule has 0 aromatic carbocycles. The van der Waals surface area contributed by atoms with Gasteiger partial charge in [0, 0.05) is 4.88 Å². The number of nitrogens with one attached hydrogen (secondary N) is 2. The summed E-state index contributed by atoms with van der Waals surface area (Å²) in [6.07, 6.45) is 2.40. The third kappa shape index (κ3) is 3.49. The molecule has 0 fully saturated rings. The minimum Gasteiger partial charge on any atom is -0.478 e. The van der Waals surface area contributed by atoms with Crippen LogP contribution in [-0.2, 0) is 10.0 Å². The first-order valence-corrected chi connectivity index (χ1v) is 8.64. The molecule has 2 rings (SSSR count). The van der Waals surface area contributed by atoms with E-state index in [9.17, 15) is 13.2 Å². The second-order valence-electron chi connectivity index (χ2n) is 4.40. The fraction of sp³-hybridized carbons (Fsp3) is 0.333. The number of sulfonamides is 1. The molecule has 0 amide bonds.